The fraction of sp³-hybridized carbons (Fsp3) is 0.190. The quantitative estimate of drug-likeness (QED) is 0.337. The van der Waals surface area contributed by atoms with Crippen molar-refractivity contribution in [2.75, 3.05) is 13.2 Å². The summed E-state index contributed by atoms with van der Waals surface area (Å²) in [5, 5.41) is 34.0. The second kappa shape index (κ2) is 9.42. The standard InChI is InChI=1S/C21H21N3O4S/c1-2-12-22-21-23(19(14-29-21)15-6-4-3-5-7-15)18(13-25)20(26)16-8-10-17(11-9-16)24(27)28/h2-11,14,18,20,25-26H,1,12-13H2/t18-,20+/m0/s1. The molecule has 2 atom stereocenters. The van der Waals surface area contributed by atoms with Gasteiger partial charge < -0.3 is 14.8 Å². The van der Waals surface area contributed by atoms with Crippen molar-refractivity contribution in [1.82, 2.24) is 4.57 Å². The second-order valence-electron chi connectivity index (χ2n) is 6.31. The lowest BCUT2D eigenvalue weighted by Gasteiger charge is -2.25. The summed E-state index contributed by atoms with van der Waals surface area (Å²) in [7, 11) is 0. The normalized spacial score (nSPS) is 13.8. The van der Waals surface area contributed by atoms with Crippen LogP contribution in [0.3, 0.4) is 0 Å². The number of hydrogen-bond donors (Lipinski definition) is 2. The minimum atomic E-state index is -1.08. The molecule has 0 unspecified atom stereocenters. The third-order valence-corrected chi connectivity index (χ3v) is 5.37. The van der Waals surface area contributed by atoms with E-state index in [1.807, 2.05) is 40.3 Å². The number of aliphatic hydroxyl groups is 2. The van der Waals surface area contributed by atoms with E-state index in [0.717, 1.165) is 11.3 Å². The Bertz CT molecular complexity index is 1040. The van der Waals surface area contributed by atoms with Crippen molar-refractivity contribution >= 4 is 17.0 Å². The molecule has 1 aromatic heterocycles. The molecule has 0 saturated carbocycles. The summed E-state index contributed by atoms with van der Waals surface area (Å²) in [6, 6.07) is 14.6. The van der Waals surface area contributed by atoms with E-state index in [1.54, 1.807) is 6.08 Å². The molecule has 0 bridgehead atoms. The molecule has 3 aromatic rings. The molecule has 0 spiro atoms. The Hall–Kier alpha value is -3.07. The molecule has 0 aliphatic heterocycles. The van der Waals surface area contributed by atoms with Crippen LogP contribution in [0.5, 0.6) is 0 Å². The molecule has 2 N–H and O–H groups in total. The Balaban J connectivity index is 2.08. The molecule has 150 valence electrons. The molecule has 0 amide bonds. The van der Waals surface area contributed by atoms with Crippen LogP contribution >= 0.6 is 11.3 Å². The van der Waals surface area contributed by atoms with Crippen molar-refractivity contribution in [2.24, 2.45) is 4.99 Å². The molecule has 0 aliphatic rings. The predicted molar refractivity (Wildman–Crippen MR) is 113 cm³/mol. The van der Waals surface area contributed by atoms with Crippen molar-refractivity contribution in [3.05, 3.63) is 93.1 Å². The van der Waals surface area contributed by atoms with Crippen LogP contribution in [0.15, 0.2) is 77.6 Å². The summed E-state index contributed by atoms with van der Waals surface area (Å²) in [6.07, 6.45) is 0.591. The van der Waals surface area contributed by atoms with Crippen LogP contribution in [-0.4, -0.2) is 32.9 Å². The molecule has 1 heterocycles. The number of rotatable bonds is 8. The van der Waals surface area contributed by atoms with Gasteiger partial charge in [-0.05, 0) is 23.3 Å². The molecule has 0 fully saturated rings. The van der Waals surface area contributed by atoms with Gasteiger partial charge >= 0.3 is 0 Å². The number of aromatic nitrogens is 1. The van der Waals surface area contributed by atoms with Gasteiger partial charge in [-0.15, -0.1) is 17.9 Å². The molecular formula is C21H21N3O4S. The summed E-state index contributed by atoms with van der Waals surface area (Å²) < 4.78 is 1.82. The first-order valence-corrected chi connectivity index (χ1v) is 9.85. The lowest BCUT2D eigenvalue weighted by molar-refractivity contribution is -0.384. The van der Waals surface area contributed by atoms with Gasteiger partial charge in [0.15, 0.2) is 4.80 Å². The fourth-order valence-electron chi connectivity index (χ4n) is 3.06. The molecule has 7 nitrogen and oxygen atoms in total. The van der Waals surface area contributed by atoms with Crippen LogP contribution in [0.4, 0.5) is 5.69 Å². The van der Waals surface area contributed by atoms with Gasteiger partial charge in [0.25, 0.3) is 5.69 Å². The first kappa shape index (κ1) is 20.7. The van der Waals surface area contributed by atoms with E-state index in [9.17, 15) is 20.3 Å². The van der Waals surface area contributed by atoms with Crippen molar-refractivity contribution < 1.29 is 15.1 Å². The summed E-state index contributed by atoms with van der Waals surface area (Å²) in [4.78, 5) is 15.5. The van der Waals surface area contributed by atoms with Gasteiger partial charge in [0.05, 0.1) is 29.8 Å². The van der Waals surface area contributed by atoms with E-state index < -0.39 is 17.1 Å². The van der Waals surface area contributed by atoms with E-state index >= 15 is 0 Å². The summed E-state index contributed by atoms with van der Waals surface area (Å²) in [5.41, 5.74) is 2.16. The molecule has 2 aromatic carbocycles. The number of aliphatic hydroxyl groups excluding tert-OH is 2. The highest BCUT2D eigenvalue weighted by molar-refractivity contribution is 7.07. The summed E-state index contributed by atoms with van der Waals surface area (Å²) >= 11 is 1.41. The van der Waals surface area contributed by atoms with Crippen LogP contribution in [0, 0.1) is 10.1 Å². The SMILES string of the molecule is C=CCN=c1scc(-c2ccccc2)n1[C@@H](CO)[C@H](O)c1ccc([N+](=O)[O-])cc1. The fourth-order valence-corrected chi connectivity index (χ4v) is 4.02. The third kappa shape index (κ3) is 4.51. The molecule has 29 heavy (non-hydrogen) atoms. The van der Waals surface area contributed by atoms with Gasteiger partial charge in [0, 0.05) is 17.5 Å². The number of hydrogen-bond acceptors (Lipinski definition) is 6. The van der Waals surface area contributed by atoms with Crippen LogP contribution in [0.1, 0.15) is 17.7 Å². The number of nitro benzene ring substituents is 1. The maximum atomic E-state index is 11.0. The Labute approximate surface area is 171 Å². The molecule has 0 aliphatic carbocycles. The molecule has 8 heteroatoms. The highest BCUT2D eigenvalue weighted by Gasteiger charge is 2.26. The third-order valence-electron chi connectivity index (χ3n) is 4.50. The lowest BCUT2D eigenvalue weighted by atomic mass is 10.0. The molecule has 0 saturated heterocycles. The first-order valence-electron chi connectivity index (χ1n) is 8.97. The van der Waals surface area contributed by atoms with Crippen LogP contribution in [0.25, 0.3) is 11.3 Å². The highest BCUT2D eigenvalue weighted by Crippen LogP contribution is 2.31. The van der Waals surface area contributed by atoms with Crippen LogP contribution < -0.4 is 4.80 Å². The summed E-state index contributed by atoms with van der Waals surface area (Å²) in [6.45, 7) is 3.75. The van der Waals surface area contributed by atoms with E-state index in [0.29, 0.717) is 16.9 Å². The number of thiazole rings is 1. The predicted octanol–water partition coefficient (Wildman–Crippen LogP) is 3.48. The van der Waals surface area contributed by atoms with Crippen LogP contribution in [0.2, 0.25) is 0 Å². The second-order valence-corrected chi connectivity index (χ2v) is 7.15. The zero-order chi connectivity index (χ0) is 20.8. The highest BCUT2D eigenvalue weighted by atomic mass is 32.1. The zero-order valence-electron chi connectivity index (χ0n) is 15.6. The largest absolute Gasteiger partial charge is 0.394 e. The van der Waals surface area contributed by atoms with Gasteiger partial charge in [-0.1, -0.05) is 36.4 Å². The number of nitrogens with zero attached hydrogens (tertiary/aromatic N) is 3. The topological polar surface area (TPSA) is 101 Å². The average molecular weight is 411 g/mol. The maximum absolute atomic E-state index is 11.0. The van der Waals surface area contributed by atoms with Crippen molar-refractivity contribution in [2.45, 2.75) is 12.1 Å². The Morgan fingerprint density at radius 1 is 1.21 bits per heavy atom. The number of nitro groups is 1. The van der Waals surface area contributed by atoms with E-state index in [-0.39, 0.29) is 12.3 Å². The number of benzene rings is 2. The Morgan fingerprint density at radius 3 is 2.48 bits per heavy atom. The van der Waals surface area contributed by atoms with E-state index in [1.165, 1.54) is 35.6 Å². The zero-order valence-corrected chi connectivity index (χ0v) is 16.4. The smallest absolute Gasteiger partial charge is 0.269 e. The lowest BCUT2D eigenvalue weighted by Crippen LogP contribution is -2.29. The Morgan fingerprint density at radius 2 is 1.90 bits per heavy atom. The average Bonchev–Trinajstić information content (AvgIpc) is 3.17. The van der Waals surface area contributed by atoms with Crippen molar-refractivity contribution in [3.63, 3.8) is 0 Å². The summed E-state index contributed by atoms with van der Waals surface area (Å²) in [5.74, 6) is 0. The van der Waals surface area contributed by atoms with Gasteiger partial charge in [-0.25, -0.2) is 0 Å². The van der Waals surface area contributed by atoms with Gasteiger partial charge in [0.2, 0.25) is 0 Å². The van der Waals surface area contributed by atoms with Crippen molar-refractivity contribution in [1.29, 1.82) is 0 Å². The Kier molecular flexibility index (Phi) is 6.71. The van der Waals surface area contributed by atoms with E-state index in [2.05, 4.69) is 11.6 Å². The monoisotopic (exact) mass is 411 g/mol. The minimum absolute atomic E-state index is 0.0590. The van der Waals surface area contributed by atoms with Gasteiger partial charge in [0.1, 0.15) is 6.10 Å². The first-order chi connectivity index (χ1) is 14.1. The van der Waals surface area contributed by atoms with E-state index in [4.69, 9.17) is 0 Å². The van der Waals surface area contributed by atoms with Crippen molar-refractivity contribution in [3.8, 4) is 11.3 Å². The molecule has 0 radical (unpaired) electrons. The minimum Gasteiger partial charge on any atom is -0.394 e. The van der Waals surface area contributed by atoms with Crippen LogP contribution in [-0.2, 0) is 0 Å². The van der Waals surface area contributed by atoms with Gasteiger partial charge in [-0.3, -0.25) is 15.1 Å². The molecule has 3 rings (SSSR count). The maximum Gasteiger partial charge on any atom is 0.269 e. The molecular weight excluding hydrogens is 390 g/mol. The van der Waals surface area contributed by atoms with Gasteiger partial charge in [-0.2, -0.15) is 0 Å². The number of non-ortho nitro benzene ring substituents is 1.